The molecule has 0 bridgehead atoms. The zero-order valence-electron chi connectivity index (χ0n) is 13.2. The average Bonchev–Trinajstić information content (AvgIpc) is 2.88. The van der Waals surface area contributed by atoms with Crippen LogP contribution in [0.25, 0.3) is 11.3 Å². The Balaban J connectivity index is 2.05. The van der Waals surface area contributed by atoms with Crippen LogP contribution in [0.3, 0.4) is 0 Å². The predicted molar refractivity (Wildman–Crippen MR) is 83.0 cm³/mol. The van der Waals surface area contributed by atoms with E-state index < -0.39 is 23.7 Å². The van der Waals surface area contributed by atoms with Crippen LogP contribution < -0.4 is 5.73 Å². The predicted octanol–water partition coefficient (Wildman–Crippen LogP) is 3.71. The molecule has 8 heteroatoms. The van der Waals surface area contributed by atoms with Gasteiger partial charge in [-0.2, -0.15) is 13.2 Å². The van der Waals surface area contributed by atoms with Crippen LogP contribution in [0.2, 0.25) is 0 Å². The number of alkyl halides is 3. The number of hydrogen-bond acceptors (Lipinski definition) is 4. The number of imidazole rings is 1. The molecule has 0 spiro atoms. The number of nitrogen functional groups attached to an aromatic ring is 1. The van der Waals surface area contributed by atoms with Crippen LogP contribution in [0.15, 0.2) is 18.5 Å². The molecule has 0 radical (unpaired) electrons. The Morgan fingerprint density at radius 1 is 1.42 bits per heavy atom. The zero-order chi connectivity index (χ0) is 17.5. The van der Waals surface area contributed by atoms with Crippen LogP contribution in [0.5, 0.6) is 0 Å². The molecule has 2 aromatic rings. The first-order valence-corrected chi connectivity index (χ1v) is 7.91. The molecule has 24 heavy (non-hydrogen) atoms. The van der Waals surface area contributed by atoms with Crippen molar-refractivity contribution >= 4 is 5.82 Å². The summed E-state index contributed by atoms with van der Waals surface area (Å²) in [4.78, 5) is 8.02. The Kier molecular flexibility index (Phi) is 4.25. The third-order valence-electron chi connectivity index (χ3n) is 4.43. The second-order valence-corrected chi connectivity index (χ2v) is 6.05. The third kappa shape index (κ3) is 2.98. The smallest absolute Gasteiger partial charge is 0.385 e. The Morgan fingerprint density at radius 2 is 2.12 bits per heavy atom. The molecule has 1 fully saturated rings. The van der Waals surface area contributed by atoms with Crippen molar-refractivity contribution in [2.45, 2.75) is 50.9 Å². The highest BCUT2D eigenvalue weighted by Gasteiger charge is 2.34. The Labute approximate surface area is 137 Å². The van der Waals surface area contributed by atoms with E-state index in [-0.39, 0.29) is 11.6 Å². The molecule has 0 aliphatic heterocycles. The van der Waals surface area contributed by atoms with Gasteiger partial charge < -0.3 is 15.4 Å². The summed E-state index contributed by atoms with van der Waals surface area (Å²) >= 11 is 0. The Morgan fingerprint density at radius 3 is 2.67 bits per heavy atom. The molecule has 1 saturated carbocycles. The molecule has 1 unspecified atom stereocenters. The minimum atomic E-state index is -4.57. The van der Waals surface area contributed by atoms with Gasteiger partial charge in [-0.15, -0.1) is 0 Å². The molecule has 1 aliphatic rings. The SMILES string of the molecule is CCC(O)c1nc(-c2cnc(N)c(C(F)(F)F)c2)cn1C1CCC1. The molecule has 2 heterocycles. The Bertz CT molecular complexity index is 715. The van der Waals surface area contributed by atoms with Crippen molar-refractivity contribution in [1.82, 2.24) is 14.5 Å². The van der Waals surface area contributed by atoms with Gasteiger partial charge in [0.05, 0.1) is 11.3 Å². The first-order valence-electron chi connectivity index (χ1n) is 7.91. The van der Waals surface area contributed by atoms with Crippen molar-refractivity contribution in [2.75, 3.05) is 5.73 Å². The number of rotatable bonds is 4. The normalized spacial score (nSPS) is 16.9. The van der Waals surface area contributed by atoms with Gasteiger partial charge in [-0.05, 0) is 31.7 Å². The molecule has 0 amide bonds. The molecule has 3 rings (SSSR count). The van der Waals surface area contributed by atoms with Crippen LogP contribution >= 0.6 is 0 Å². The van der Waals surface area contributed by atoms with E-state index in [1.54, 1.807) is 6.20 Å². The second-order valence-electron chi connectivity index (χ2n) is 6.05. The fraction of sp³-hybridized carbons (Fsp3) is 0.500. The molecule has 130 valence electrons. The van der Waals surface area contributed by atoms with Gasteiger partial charge in [0.1, 0.15) is 17.7 Å². The van der Waals surface area contributed by atoms with Gasteiger partial charge in [-0.1, -0.05) is 6.92 Å². The van der Waals surface area contributed by atoms with Gasteiger partial charge in [0, 0.05) is 24.0 Å². The van der Waals surface area contributed by atoms with Crippen molar-refractivity contribution in [3.63, 3.8) is 0 Å². The van der Waals surface area contributed by atoms with Gasteiger partial charge in [0.15, 0.2) is 0 Å². The highest BCUT2D eigenvalue weighted by molar-refractivity contribution is 5.62. The fourth-order valence-electron chi connectivity index (χ4n) is 2.78. The van der Waals surface area contributed by atoms with E-state index in [9.17, 15) is 18.3 Å². The average molecular weight is 340 g/mol. The van der Waals surface area contributed by atoms with Crippen molar-refractivity contribution in [1.29, 1.82) is 0 Å². The van der Waals surface area contributed by atoms with E-state index in [1.807, 2.05) is 11.5 Å². The molecular weight excluding hydrogens is 321 g/mol. The van der Waals surface area contributed by atoms with E-state index in [4.69, 9.17) is 5.73 Å². The van der Waals surface area contributed by atoms with Gasteiger partial charge in [-0.3, -0.25) is 0 Å². The van der Waals surface area contributed by atoms with Crippen LogP contribution in [-0.4, -0.2) is 19.6 Å². The van der Waals surface area contributed by atoms with Crippen LogP contribution in [-0.2, 0) is 6.18 Å². The highest BCUT2D eigenvalue weighted by Crippen LogP contribution is 2.38. The second kappa shape index (κ2) is 6.08. The lowest BCUT2D eigenvalue weighted by atomic mass is 9.92. The first kappa shape index (κ1) is 16.8. The van der Waals surface area contributed by atoms with Crippen molar-refractivity contribution in [3.05, 3.63) is 29.8 Å². The van der Waals surface area contributed by atoms with Crippen LogP contribution in [0, 0.1) is 0 Å². The summed E-state index contributed by atoms with van der Waals surface area (Å²) in [6.45, 7) is 1.83. The van der Waals surface area contributed by atoms with E-state index >= 15 is 0 Å². The molecule has 2 aromatic heterocycles. The molecule has 1 aliphatic carbocycles. The summed E-state index contributed by atoms with van der Waals surface area (Å²) < 4.78 is 40.9. The van der Waals surface area contributed by atoms with Gasteiger partial charge in [-0.25, -0.2) is 9.97 Å². The maximum absolute atomic E-state index is 13.0. The molecule has 0 saturated heterocycles. The fourth-order valence-corrected chi connectivity index (χ4v) is 2.78. The van der Waals surface area contributed by atoms with Gasteiger partial charge >= 0.3 is 6.18 Å². The Hall–Kier alpha value is -2.09. The number of halogens is 3. The van der Waals surface area contributed by atoms with Crippen LogP contribution in [0.1, 0.15) is 56.1 Å². The minimum Gasteiger partial charge on any atom is -0.385 e. The number of nitrogens with two attached hydrogens (primary N) is 1. The zero-order valence-corrected chi connectivity index (χ0v) is 13.2. The monoisotopic (exact) mass is 340 g/mol. The minimum absolute atomic E-state index is 0.235. The quantitative estimate of drug-likeness (QED) is 0.889. The van der Waals surface area contributed by atoms with Crippen molar-refractivity contribution < 1.29 is 18.3 Å². The standard InChI is InChI=1S/C16H19F3N4O/c1-2-13(24)15-22-12(8-23(15)10-4-3-5-10)9-6-11(16(17,18)19)14(20)21-7-9/h6-8,10,13,24H,2-5H2,1H3,(H2,20,21). The maximum atomic E-state index is 13.0. The van der Waals surface area contributed by atoms with Crippen molar-refractivity contribution in [2.24, 2.45) is 0 Å². The molecule has 3 N–H and O–H groups in total. The topological polar surface area (TPSA) is 77.0 Å². The summed E-state index contributed by atoms with van der Waals surface area (Å²) in [5.41, 5.74) is 4.96. The van der Waals surface area contributed by atoms with E-state index in [0.717, 1.165) is 25.3 Å². The summed E-state index contributed by atoms with van der Waals surface area (Å²) in [5, 5.41) is 10.2. The van der Waals surface area contributed by atoms with Crippen LogP contribution in [0.4, 0.5) is 19.0 Å². The summed E-state index contributed by atoms with van der Waals surface area (Å²) in [7, 11) is 0. The third-order valence-corrected chi connectivity index (χ3v) is 4.43. The lowest BCUT2D eigenvalue weighted by Crippen LogP contribution is -2.20. The van der Waals surface area contributed by atoms with Gasteiger partial charge in [0.25, 0.3) is 0 Å². The number of nitrogens with zero attached hydrogens (tertiary/aromatic N) is 3. The molecule has 5 nitrogen and oxygen atoms in total. The number of anilines is 1. The number of aliphatic hydroxyl groups excluding tert-OH is 1. The largest absolute Gasteiger partial charge is 0.419 e. The number of aliphatic hydroxyl groups is 1. The van der Waals surface area contributed by atoms with Crippen molar-refractivity contribution in [3.8, 4) is 11.3 Å². The molecule has 1 atom stereocenters. The summed E-state index contributed by atoms with van der Waals surface area (Å²) in [6.07, 6.45) is 1.20. The van der Waals surface area contributed by atoms with E-state index in [2.05, 4.69) is 9.97 Å². The number of hydrogen-bond donors (Lipinski definition) is 2. The number of aromatic nitrogens is 3. The summed E-state index contributed by atoms with van der Waals surface area (Å²) in [5.74, 6) is -0.0684. The van der Waals surface area contributed by atoms with Gasteiger partial charge in [0.2, 0.25) is 0 Å². The van der Waals surface area contributed by atoms with E-state index in [0.29, 0.717) is 17.9 Å². The lowest BCUT2D eigenvalue weighted by molar-refractivity contribution is -0.137. The molecule has 0 aromatic carbocycles. The van der Waals surface area contributed by atoms with E-state index in [1.165, 1.54) is 6.20 Å². The lowest BCUT2D eigenvalue weighted by Gasteiger charge is -2.29. The number of pyridine rings is 1. The maximum Gasteiger partial charge on any atom is 0.419 e. The molecular formula is C16H19F3N4O. The summed E-state index contributed by atoms with van der Waals surface area (Å²) in [6, 6.07) is 1.20. The highest BCUT2D eigenvalue weighted by atomic mass is 19.4. The first-order chi connectivity index (χ1) is 11.3.